The number of pyridine rings is 1. The largest absolute Gasteiger partial charge is 0.312 e. The van der Waals surface area contributed by atoms with Gasteiger partial charge < -0.3 is 5.32 Å². The molecule has 0 saturated carbocycles. The van der Waals surface area contributed by atoms with Crippen LogP contribution in [0.15, 0.2) is 36.7 Å². The monoisotopic (exact) mass is 230 g/mol. The van der Waals surface area contributed by atoms with Crippen molar-refractivity contribution in [3.63, 3.8) is 0 Å². The second-order valence-electron chi connectivity index (χ2n) is 4.08. The first-order chi connectivity index (χ1) is 8.31. The standard InChI is InChI=1S/C13H18N4/c1-14-12(13-8-10-16-17(13)2)7-6-11-5-3-4-9-15-11/h3-5,8-10,12,14H,6-7H2,1-2H3. The number of rotatable bonds is 5. The molecular formula is C13H18N4. The van der Waals surface area contributed by atoms with Crippen molar-refractivity contribution in [2.24, 2.45) is 7.05 Å². The van der Waals surface area contributed by atoms with Crippen molar-refractivity contribution < 1.29 is 0 Å². The first kappa shape index (κ1) is 11.8. The highest BCUT2D eigenvalue weighted by Crippen LogP contribution is 2.17. The Balaban J connectivity index is 2.00. The van der Waals surface area contributed by atoms with Gasteiger partial charge in [-0.1, -0.05) is 6.07 Å². The van der Waals surface area contributed by atoms with Gasteiger partial charge in [0.05, 0.1) is 5.69 Å². The van der Waals surface area contributed by atoms with E-state index in [0.717, 1.165) is 18.5 Å². The van der Waals surface area contributed by atoms with Gasteiger partial charge in [-0.15, -0.1) is 0 Å². The first-order valence-electron chi connectivity index (χ1n) is 5.86. The third-order valence-electron chi connectivity index (χ3n) is 2.98. The predicted octanol–water partition coefficient (Wildman–Crippen LogP) is 1.71. The van der Waals surface area contributed by atoms with E-state index < -0.39 is 0 Å². The quantitative estimate of drug-likeness (QED) is 0.850. The molecule has 2 heterocycles. The molecule has 0 aliphatic rings. The van der Waals surface area contributed by atoms with Crippen LogP contribution in [0.25, 0.3) is 0 Å². The van der Waals surface area contributed by atoms with E-state index >= 15 is 0 Å². The molecule has 1 atom stereocenters. The van der Waals surface area contributed by atoms with Crippen molar-refractivity contribution in [3.05, 3.63) is 48.0 Å². The van der Waals surface area contributed by atoms with Gasteiger partial charge in [0.25, 0.3) is 0 Å². The molecule has 0 fully saturated rings. The van der Waals surface area contributed by atoms with Gasteiger partial charge in [0.1, 0.15) is 0 Å². The lowest BCUT2D eigenvalue weighted by Crippen LogP contribution is -2.20. The maximum absolute atomic E-state index is 4.34. The van der Waals surface area contributed by atoms with E-state index in [1.54, 1.807) is 0 Å². The minimum Gasteiger partial charge on any atom is -0.312 e. The number of nitrogens with zero attached hydrogens (tertiary/aromatic N) is 3. The molecule has 0 aromatic carbocycles. The van der Waals surface area contributed by atoms with Gasteiger partial charge in [-0.3, -0.25) is 9.67 Å². The van der Waals surface area contributed by atoms with Gasteiger partial charge in [0, 0.05) is 31.2 Å². The van der Waals surface area contributed by atoms with Crippen LogP contribution in [0.3, 0.4) is 0 Å². The minimum atomic E-state index is 0.324. The molecule has 0 spiro atoms. The van der Waals surface area contributed by atoms with Crippen molar-refractivity contribution in [1.82, 2.24) is 20.1 Å². The molecule has 0 aliphatic heterocycles. The highest BCUT2D eigenvalue weighted by atomic mass is 15.3. The van der Waals surface area contributed by atoms with E-state index in [1.807, 2.05) is 43.3 Å². The summed E-state index contributed by atoms with van der Waals surface area (Å²) in [6, 6.07) is 8.42. The number of aromatic nitrogens is 3. The van der Waals surface area contributed by atoms with Crippen molar-refractivity contribution >= 4 is 0 Å². The summed E-state index contributed by atoms with van der Waals surface area (Å²) in [5, 5.41) is 7.53. The van der Waals surface area contributed by atoms with Gasteiger partial charge in [-0.2, -0.15) is 5.10 Å². The van der Waals surface area contributed by atoms with Crippen molar-refractivity contribution in [2.45, 2.75) is 18.9 Å². The van der Waals surface area contributed by atoms with E-state index in [2.05, 4.69) is 27.5 Å². The van der Waals surface area contributed by atoms with Gasteiger partial charge in [-0.05, 0) is 38.1 Å². The fourth-order valence-electron chi connectivity index (χ4n) is 2.00. The molecule has 4 heteroatoms. The fraction of sp³-hybridized carbons (Fsp3) is 0.385. The van der Waals surface area contributed by atoms with Crippen LogP contribution in [0, 0.1) is 0 Å². The summed E-state index contributed by atoms with van der Waals surface area (Å²) in [4.78, 5) is 4.34. The van der Waals surface area contributed by atoms with Crippen LogP contribution in [-0.2, 0) is 13.5 Å². The van der Waals surface area contributed by atoms with E-state index in [0.29, 0.717) is 6.04 Å². The van der Waals surface area contributed by atoms with Gasteiger partial charge in [-0.25, -0.2) is 0 Å². The summed E-state index contributed by atoms with van der Waals surface area (Å²) in [6.45, 7) is 0. The van der Waals surface area contributed by atoms with Crippen LogP contribution in [0.4, 0.5) is 0 Å². The summed E-state index contributed by atoms with van der Waals surface area (Å²) in [5.74, 6) is 0. The average Bonchev–Trinajstić information content (AvgIpc) is 2.78. The lowest BCUT2D eigenvalue weighted by Gasteiger charge is -2.16. The van der Waals surface area contributed by atoms with Gasteiger partial charge in [0.15, 0.2) is 0 Å². The Kier molecular flexibility index (Phi) is 3.88. The molecule has 90 valence electrons. The zero-order valence-corrected chi connectivity index (χ0v) is 10.3. The number of hydrogen-bond acceptors (Lipinski definition) is 3. The summed E-state index contributed by atoms with van der Waals surface area (Å²) in [5.41, 5.74) is 2.35. The second kappa shape index (κ2) is 5.59. The molecule has 1 unspecified atom stereocenters. The Bertz CT molecular complexity index is 449. The molecule has 2 rings (SSSR count). The van der Waals surface area contributed by atoms with Crippen molar-refractivity contribution in [2.75, 3.05) is 7.05 Å². The Hall–Kier alpha value is -1.68. The SMILES string of the molecule is CNC(CCc1ccccn1)c1ccnn1C. The van der Waals surface area contributed by atoms with Crippen LogP contribution < -0.4 is 5.32 Å². The molecule has 2 aromatic rings. The van der Waals surface area contributed by atoms with Crippen LogP contribution in [0.1, 0.15) is 23.9 Å². The van der Waals surface area contributed by atoms with E-state index in [4.69, 9.17) is 0 Å². The molecule has 0 saturated heterocycles. The topological polar surface area (TPSA) is 42.7 Å². The van der Waals surface area contributed by atoms with Crippen LogP contribution in [-0.4, -0.2) is 21.8 Å². The number of hydrogen-bond donors (Lipinski definition) is 1. The zero-order chi connectivity index (χ0) is 12.1. The summed E-state index contributed by atoms with van der Waals surface area (Å²) >= 11 is 0. The summed E-state index contributed by atoms with van der Waals surface area (Å²) in [6.07, 6.45) is 5.67. The van der Waals surface area contributed by atoms with E-state index in [9.17, 15) is 0 Å². The highest BCUT2D eigenvalue weighted by molar-refractivity contribution is 5.09. The zero-order valence-electron chi connectivity index (χ0n) is 10.3. The lowest BCUT2D eigenvalue weighted by molar-refractivity contribution is 0.504. The minimum absolute atomic E-state index is 0.324. The maximum Gasteiger partial charge on any atom is 0.0550 e. The van der Waals surface area contributed by atoms with Crippen molar-refractivity contribution in [1.29, 1.82) is 0 Å². The third kappa shape index (κ3) is 2.91. The molecule has 4 nitrogen and oxygen atoms in total. The smallest absolute Gasteiger partial charge is 0.0550 e. The lowest BCUT2D eigenvalue weighted by atomic mass is 10.1. The number of aryl methyl sites for hydroxylation is 2. The average molecular weight is 230 g/mol. The summed E-state index contributed by atoms with van der Waals surface area (Å²) in [7, 11) is 3.95. The Labute approximate surface area is 102 Å². The normalized spacial score (nSPS) is 12.6. The fourth-order valence-corrected chi connectivity index (χ4v) is 2.00. The van der Waals surface area contributed by atoms with E-state index in [1.165, 1.54) is 5.69 Å². The highest BCUT2D eigenvalue weighted by Gasteiger charge is 2.12. The second-order valence-corrected chi connectivity index (χ2v) is 4.08. The molecule has 0 aliphatic carbocycles. The first-order valence-corrected chi connectivity index (χ1v) is 5.86. The molecule has 17 heavy (non-hydrogen) atoms. The van der Waals surface area contributed by atoms with E-state index in [-0.39, 0.29) is 0 Å². The molecular weight excluding hydrogens is 212 g/mol. The van der Waals surface area contributed by atoms with Crippen LogP contribution in [0.2, 0.25) is 0 Å². The molecule has 2 aromatic heterocycles. The molecule has 0 radical (unpaired) electrons. The molecule has 1 N–H and O–H groups in total. The third-order valence-corrected chi connectivity index (χ3v) is 2.98. The molecule has 0 bridgehead atoms. The Morgan fingerprint density at radius 3 is 2.76 bits per heavy atom. The van der Waals surface area contributed by atoms with Crippen LogP contribution in [0.5, 0.6) is 0 Å². The molecule has 0 amide bonds. The Morgan fingerprint density at radius 1 is 1.29 bits per heavy atom. The van der Waals surface area contributed by atoms with Gasteiger partial charge >= 0.3 is 0 Å². The number of nitrogens with one attached hydrogen (secondary N) is 1. The van der Waals surface area contributed by atoms with Crippen molar-refractivity contribution in [3.8, 4) is 0 Å². The maximum atomic E-state index is 4.34. The Morgan fingerprint density at radius 2 is 2.18 bits per heavy atom. The summed E-state index contributed by atoms with van der Waals surface area (Å²) < 4.78 is 1.92. The van der Waals surface area contributed by atoms with Gasteiger partial charge in [0.2, 0.25) is 0 Å². The predicted molar refractivity (Wildman–Crippen MR) is 67.6 cm³/mol. The van der Waals surface area contributed by atoms with Crippen LogP contribution >= 0.6 is 0 Å².